The number of aromatic nitrogens is 1. The van der Waals surface area contributed by atoms with Crippen molar-refractivity contribution in [1.82, 2.24) is 4.98 Å². The van der Waals surface area contributed by atoms with E-state index >= 15 is 0 Å². The Labute approximate surface area is 78.6 Å². The van der Waals surface area contributed by atoms with E-state index in [1.54, 1.807) is 13.8 Å². The topological polar surface area (TPSA) is 63.3 Å². The van der Waals surface area contributed by atoms with Gasteiger partial charge < -0.3 is 9.52 Å². The first-order valence-corrected chi connectivity index (χ1v) is 3.92. The molecule has 0 fully saturated rings. The van der Waals surface area contributed by atoms with Crippen LogP contribution in [0.4, 0.5) is 8.78 Å². The molecule has 6 heteroatoms. The average molecular weight is 205 g/mol. The highest BCUT2D eigenvalue weighted by atomic mass is 19.3. The summed E-state index contributed by atoms with van der Waals surface area (Å²) >= 11 is 0. The van der Waals surface area contributed by atoms with Crippen molar-refractivity contribution in [3.8, 4) is 0 Å². The summed E-state index contributed by atoms with van der Waals surface area (Å²) in [7, 11) is 0. The van der Waals surface area contributed by atoms with Crippen LogP contribution in [0, 0.1) is 0 Å². The van der Waals surface area contributed by atoms with Gasteiger partial charge in [0, 0.05) is 0 Å². The number of aliphatic carboxylic acids is 1. The lowest BCUT2D eigenvalue weighted by atomic mass is 10.2. The van der Waals surface area contributed by atoms with Gasteiger partial charge in [0.15, 0.2) is 0 Å². The number of carbonyl (C=O) groups is 1. The van der Waals surface area contributed by atoms with Crippen molar-refractivity contribution in [1.29, 1.82) is 0 Å². The maximum Gasteiger partial charge on any atom is 0.416 e. The number of hydrogen-bond donors (Lipinski definition) is 1. The number of nitrogens with zero attached hydrogens (tertiary/aromatic N) is 1. The highest BCUT2D eigenvalue weighted by Gasteiger charge is 2.46. The Bertz CT molecular complexity index is 346. The second-order valence-corrected chi connectivity index (χ2v) is 3.11. The summed E-state index contributed by atoms with van der Waals surface area (Å²) in [5, 5.41) is 8.19. The van der Waals surface area contributed by atoms with Crippen molar-refractivity contribution >= 4 is 5.97 Å². The molecule has 0 bridgehead atoms. The maximum absolute atomic E-state index is 12.8. The van der Waals surface area contributed by atoms with E-state index in [0.29, 0.717) is 5.69 Å². The van der Waals surface area contributed by atoms with Gasteiger partial charge in [0.05, 0.1) is 5.69 Å². The molecule has 0 aliphatic heterocycles. The Morgan fingerprint density at radius 1 is 1.64 bits per heavy atom. The first-order chi connectivity index (χ1) is 6.35. The fraction of sp³-hybridized carbons (Fsp3) is 0.500. The molecule has 1 N–H and O–H groups in total. The van der Waals surface area contributed by atoms with Gasteiger partial charge in [-0.1, -0.05) is 13.8 Å². The Hall–Kier alpha value is -1.46. The van der Waals surface area contributed by atoms with Crippen LogP contribution in [-0.4, -0.2) is 16.1 Å². The lowest BCUT2D eigenvalue weighted by Crippen LogP contribution is -2.25. The van der Waals surface area contributed by atoms with Crippen LogP contribution >= 0.6 is 0 Å². The van der Waals surface area contributed by atoms with Gasteiger partial charge in [0.2, 0.25) is 0 Å². The minimum Gasteiger partial charge on any atom is -0.476 e. The van der Waals surface area contributed by atoms with E-state index < -0.39 is 17.8 Å². The van der Waals surface area contributed by atoms with Crippen molar-refractivity contribution < 1.29 is 23.1 Å². The highest BCUT2D eigenvalue weighted by molar-refractivity contribution is 5.75. The van der Waals surface area contributed by atoms with Gasteiger partial charge in [-0.05, 0) is 5.92 Å². The highest BCUT2D eigenvalue weighted by Crippen LogP contribution is 2.28. The van der Waals surface area contributed by atoms with Crippen molar-refractivity contribution in [3.63, 3.8) is 0 Å². The number of oxazole rings is 1. The molecule has 0 unspecified atom stereocenters. The van der Waals surface area contributed by atoms with Gasteiger partial charge >= 0.3 is 11.9 Å². The van der Waals surface area contributed by atoms with E-state index in [0.717, 1.165) is 6.26 Å². The maximum atomic E-state index is 12.8. The Balaban J connectivity index is 3.03. The van der Waals surface area contributed by atoms with Crippen LogP contribution < -0.4 is 0 Å². The second kappa shape index (κ2) is 3.36. The van der Waals surface area contributed by atoms with E-state index in [1.807, 2.05) is 0 Å². The third-order valence-corrected chi connectivity index (χ3v) is 1.65. The molecule has 0 radical (unpaired) electrons. The number of alkyl halides is 2. The predicted octanol–water partition coefficient (Wildman–Crippen LogP) is 1.97. The number of rotatable bonds is 3. The summed E-state index contributed by atoms with van der Waals surface area (Å²) in [6, 6.07) is 0. The van der Waals surface area contributed by atoms with Crippen molar-refractivity contribution in [2.24, 2.45) is 0 Å². The smallest absolute Gasteiger partial charge is 0.416 e. The van der Waals surface area contributed by atoms with Crippen molar-refractivity contribution in [2.45, 2.75) is 25.7 Å². The second-order valence-electron chi connectivity index (χ2n) is 3.11. The Morgan fingerprint density at radius 2 is 2.21 bits per heavy atom. The summed E-state index contributed by atoms with van der Waals surface area (Å²) in [5.74, 6) is -7.49. The normalized spacial score (nSPS) is 12.1. The lowest BCUT2D eigenvalue weighted by molar-refractivity contribution is -0.169. The molecule has 78 valence electrons. The van der Waals surface area contributed by atoms with Crippen LogP contribution in [-0.2, 0) is 10.7 Å². The van der Waals surface area contributed by atoms with Crippen LogP contribution in [0.1, 0.15) is 31.4 Å². The van der Waals surface area contributed by atoms with Gasteiger partial charge in [-0.25, -0.2) is 9.78 Å². The van der Waals surface area contributed by atoms with Crippen molar-refractivity contribution in [3.05, 3.63) is 17.8 Å². The fourth-order valence-electron chi connectivity index (χ4n) is 0.787. The summed E-state index contributed by atoms with van der Waals surface area (Å²) in [6.07, 6.45) is 1.04. The number of carboxylic acid groups (broad SMARTS) is 1. The van der Waals surface area contributed by atoms with E-state index in [-0.39, 0.29) is 5.92 Å². The van der Waals surface area contributed by atoms with Gasteiger partial charge in [-0.2, -0.15) is 8.78 Å². The van der Waals surface area contributed by atoms with E-state index in [2.05, 4.69) is 9.40 Å². The molecule has 0 atom stereocenters. The van der Waals surface area contributed by atoms with Gasteiger partial charge in [0.25, 0.3) is 5.89 Å². The third kappa shape index (κ3) is 1.73. The number of hydrogen-bond acceptors (Lipinski definition) is 3. The Kier molecular flexibility index (Phi) is 2.55. The third-order valence-electron chi connectivity index (χ3n) is 1.65. The molecule has 1 aromatic heterocycles. The molecule has 0 saturated carbocycles. The molecule has 0 aromatic carbocycles. The molecule has 0 spiro atoms. The van der Waals surface area contributed by atoms with E-state index in [9.17, 15) is 13.6 Å². The zero-order chi connectivity index (χ0) is 10.9. The standard InChI is InChI=1S/C8H9F2NO3/c1-4(2)5-3-14-6(11-5)8(9,10)7(12)13/h3-4H,1-2H3,(H,12,13). The summed E-state index contributed by atoms with van der Waals surface area (Å²) < 4.78 is 30.0. The molecule has 0 aliphatic rings. The van der Waals surface area contributed by atoms with Gasteiger partial charge in [0.1, 0.15) is 6.26 Å². The van der Waals surface area contributed by atoms with E-state index in [1.165, 1.54) is 0 Å². The number of carboxylic acids is 1. The minimum atomic E-state index is -4.06. The quantitative estimate of drug-likeness (QED) is 0.819. The van der Waals surface area contributed by atoms with Crippen LogP contribution in [0.3, 0.4) is 0 Å². The molecular formula is C8H9F2NO3. The molecule has 0 saturated heterocycles. The SMILES string of the molecule is CC(C)c1coc(C(F)(F)C(=O)O)n1. The van der Waals surface area contributed by atoms with Crippen molar-refractivity contribution in [2.75, 3.05) is 0 Å². The van der Waals surface area contributed by atoms with Crippen LogP contribution in [0.15, 0.2) is 10.7 Å². The van der Waals surface area contributed by atoms with Crippen LogP contribution in [0.5, 0.6) is 0 Å². The first-order valence-electron chi connectivity index (χ1n) is 3.92. The van der Waals surface area contributed by atoms with Gasteiger partial charge in [-0.15, -0.1) is 0 Å². The first kappa shape index (κ1) is 10.6. The number of halogens is 2. The summed E-state index contributed by atoms with van der Waals surface area (Å²) in [5.41, 5.74) is 0.306. The monoisotopic (exact) mass is 205 g/mol. The largest absolute Gasteiger partial charge is 0.476 e. The molecule has 1 rings (SSSR count). The minimum absolute atomic E-state index is 0.0860. The molecule has 0 amide bonds. The molecular weight excluding hydrogens is 196 g/mol. The molecule has 14 heavy (non-hydrogen) atoms. The van der Waals surface area contributed by atoms with Crippen LogP contribution in [0.25, 0.3) is 0 Å². The van der Waals surface area contributed by atoms with Crippen LogP contribution in [0.2, 0.25) is 0 Å². The molecule has 4 nitrogen and oxygen atoms in total. The lowest BCUT2D eigenvalue weighted by Gasteiger charge is -2.04. The average Bonchev–Trinajstić information content (AvgIpc) is 2.51. The van der Waals surface area contributed by atoms with Gasteiger partial charge in [-0.3, -0.25) is 0 Å². The zero-order valence-corrected chi connectivity index (χ0v) is 7.62. The Morgan fingerprint density at radius 3 is 2.57 bits per heavy atom. The molecule has 0 aliphatic carbocycles. The molecule has 1 aromatic rings. The molecule has 1 heterocycles. The summed E-state index contributed by atoms with van der Waals surface area (Å²) in [4.78, 5) is 13.6. The fourth-order valence-corrected chi connectivity index (χ4v) is 0.787. The predicted molar refractivity (Wildman–Crippen MR) is 42.1 cm³/mol. The zero-order valence-electron chi connectivity index (χ0n) is 7.62. The van der Waals surface area contributed by atoms with E-state index in [4.69, 9.17) is 5.11 Å². The summed E-state index contributed by atoms with van der Waals surface area (Å²) in [6.45, 7) is 3.47.